The third-order valence-electron chi connectivity index (χ3n) is 4.28. The number of benzene rings is 1. The summed E-state index contributed by atoms with van der Waals surface area (Å²) in [6.07, 6.45) is 4.48. The molecule has 0 aliphatic rings. The summed E-state index contributed by atoms with van der Waals surface area (Å²) in [4.78, 5) is 17.9. The fourth-order valence-corrected chi connectivity index (χ4v) is 3.81. The highest BCUT2D eigenvalue weighted by Gasteiger charge is 2.15. The monoisotopic (exact) mass is 411 g/mol. The van der Waals surface area contributed by atoms with Crippen LogP contribution in [0.3, 0.4) is 0 Å². The number of methoxy groups -OCH3 is 3. The van der Waals surface area contributed by atoms with Crippen LogP contribution in [0.5, 0.6) is 17.2 Å². The minimum Gasteiger partial charge on any atom is -0.493 e. The third kappa shape index (κ3) is 3.36. The van der Waals surface area contributed by atoms with Gasteiger partial charge in [-0.05, 0) is 24.3 Å². The summed E-state index contributed by atoms with van der Waals surface area (Å²) in [5.41, 5.74) is 1.08. The number of rotatable bonds is 6. The van der Waals surface area contributed by atoms with E-state index in [1.54, 1.807) is 30.5 Å². The molecule has 0 fully saturated rings. The number of ether oxygens (including phenoxy) is 3. The second-order valence-corrected chi connectivity index (χ2v) is 6.76. The SMILES string of the molecule is COc1cc(/C=N\n2cnc3scc(-c4ccco4)c3c2=O)cc(OC)c1OC. The predicted octanol–water partition coefficient (Wildman–Crippen LogP) is 3.63. The molecule has 0 saturated carbocycles. The van der Waals surface area contributed by atoms with Crippen molar-refractivity contribution in [1.82, 2.24) is 9.66 Å². The fourth-order valence-electron chi connectivity index (χ4n) is 2.92. The van der Waals surface area contributed by atoms with Crippen LogP contribution in [0, 0.1) is 0 Å². The van der Waals surface area contributed by atoms with Crippen molar-refractivity contribution in [1.29, 1.82) is 0 Å². The lowest BCUT2D eigenvalue weighted by Gasteiger charge is -2.12. The van der Waals surface area contributed by atoms with E-state index in [-0.39, 0.29) is 5.56 Å². The maximum absolute atomic E-state index is 13.0. The van der Waals surface area contributed by atoms with Crippen LogP contribution < -0.4 is 19.8 Å². The molecule has 0 atom stereocenters. The van der Waals surface area contributed by atoms with Gasteiger partial charge in [0.1, 0.15) is 16.9 Å². The molecule has 29 heavy (non-hydrogen) atoms. The van der Waals surface area contributed by atoms with Gasteiger partial charge < -0.3 is 18.6 Å². The van der Waals surface area contributed by atoms with Crippen LogP contribution in [-0.2, 0) is 0 Å². The molecule has 148 valence electrons. The molecule has 0 aliphatic heterocycles. The Morgan fingerprint density at radius 2 is 1.93 bits per heavy atom. The minimum atomic E-state index is -0.286. The molecule has 8 nitrogen and oxygen atoms in total. The Morgan fingerprint density at radius 3 is 2.55 bits per heavy atom. The Bertz CT molecular complexity index is 1220. The van der Waals surface area contributed by atoms with E-state index >= 15 is 0 Å². The number of hydrogen-bond donors (Lipinski definition) is 0. The van der Waals surface area contributed by atoms with Crippen LogP contribution in [-0.4, -0.2) is 37.2 Å². The van der Waals surface area contributed by atoms with Gasteiger partial charge in [0.25, 0.3) is 5.56 Å². The normalized spacial score (nSPS) is 11.3. The molecule has 0 bridgehead atoms. The van der Waals surface area contributed by atoms with Crippen LogP contribution in [0.25, 0.3) is 21.5 Å². The minimum absolute atomic E-state index is 0.286. The zero-order valence-corrected chi connectivity index (χ0v) is 16.7. The summed E-state index contributed by atoms with van der Waals surface area (Å²) in [6.45, 7) is 0. The van der Waals surface area contributed by atoms with E-state index in [9.17, 15) is 4.79 Å². The quantitative estimate of drug-likeness (QED) is 0.450. The summed E-state index contributed by atoms with van der Waals surface area (Å²) >= 11 is 1.38. The average molecular weight is 411 g/mol. The molecule has 3 heterocycles. The van der Waals surface area contributed by atoms with Crippen LogP contribution in [0.15, 0.2) is 56.5 Å². The Morgan fingerprint density at radius 1 is 1.17 bits per heavy atom. The van der Waals surface area contributed by atoms with Crippen LogP contribution in [0.2, 0.25) is 0 Å². The number of furan rings is 1. The Kier molecular flexibility index (Phi) is 5.05. The number of hydrogen-bond acceptors (Lipinski definition) is 8. The Hall–Kier alpha value is -3.59. The van der Waals surface area contributed by atoms with Crippen LogP contribution in [0.4, 0.5) is 0 Å². The molecule has 0 amide bonds. The largest absolute Gasteiger partial charge is 0.493 e. The first-order valence-electron chi connectivity index (χ1n) is 8.53. The van der Waals surface area contributed by atoms with Gasteiger partial charge in [-0.25, -0.2) is 4.98 Å². The van der Waals surface area contributed by atoms with Gasteiger partial charge in [-0.1, -0.05) is 0 Å². The highest BCUT2D eigenvalue weighted by Crippen LogP contribution is 2.37. The van der Waals surface area contributed by atoms with Gasteiger partial charge in [0.15, 0.2) is 11.5 Å². The highest BCUT2D eigenvalue weighted by molar-refractivity contribution is 7.17. The molecular formula is C20H17N3O5S. The number of thiophene rings is 1. The van der Waals surface area contributed by atoms with Crippen molar-refractivity contribution >= 4 is 27.8 Å². The molecule has 4 rings (SSSR count). The second-order valence-electron chi connectivity index (χ2n) is 5.90. The summed E-state index contributed by atoms with van der Waals surface area (Å²) in [5.74, 6) is 2.08. The van der Waals surface area contributed by atoms with E-state index in [0.29, 0.717) is 44.4 Å². The van der Waals surface area contributed by atoms with Gasteiger partial charge in [-0.3, -0.25) is 4.79 Å². The van der Waals surface area contributed by atoms with Crippen molar-refractivity contribution in [3.63, 3.8) is 0 Å². The standard InChI is InChI=1S/C20H17N3O5S/c1-25-15-7-12(8-16(26-2)18(15)27-3)9-22-23-11-21-19-17(20(23)24)13(10-29-19)14-5-4-6-28-14/h4-11H,1-3H3/b22-9-. The maximum atomic E-state index is 13.0. The molecule has 0 spiro atoms. The van der Waals surface area contributed by atoms with E-state index in [1.807, 2.05) is 5.38 Å². The number of nitrogens with zero attached hydrogens (tertiary/aromatic N) is 3. The molecule has 0 saturated heterocycles. The molecule has 0 radical (unpaired) electrons. The topological polar surface area (TPSA) is 88.1 Å². The van der Waals surface area contributed by atoms with Crippen molar-refractivity contribution in [3.05, 3.63) is 58.2 Å². The van der Waals surface area contributed by atoms with Crippen molar-refractivity contribution in [2.45, 2.75) is 0 Å². The lowest BCUT2D eigenvalue weighted by atomic mass is 10.2. The summed E-state index contributed by atoms with van der Waals surface area (Å²) in [6, 6.07) is 7.05. The van der Waals surface area contributed by atoms with Crippen molar-refractivity contribution < 1.29 is 18.6 Å². The first kappa shape index (κ1) is 18.8. The van der Waals surface area contributed by atoms with E-state index < -0.39 is 0 Å². The van der Waals surface area contributed by atoms with Gasteiger partial charge in [0, 0.05) is 16.5 Å². The predicted molar refractivity (Wildman–Crippen MR) is 111 cm³/mol. The average Bonchev–Trinajstić information content (AvgIpc) is 3.42. The molecule has 3 aromatic heterocycles. The molecule has 4 aromatic rings. The zero-order chi connectivity index (χ0) is 20.4. The first-order valence-corrected chi connectivity index (χ1v) is 9.41. The summed E-state index contributed by atoms with van der Waals surface area (Å²) < 4.78 is 22.6. The lowest BCUT2D eigenvalue weighted by molar-refractivity contribution is 0.324. The molecular weight excluding hydrogens is 394 g/mol. The van der Waals surface area contributed by atoms with Gasteiger partial charge in [0.05, 0.1) is 39.2 Å². The zero-order valence-electron chi connectivity index (χ0n) is 15.9. The maximum Gasteiger partial charge on any atom is 0.283 e. The number of fused-ring (bicyclic) bond motifs is 1. The van der Waals surface area contributed by atoms with Gasteiger partial charge in [0.2, 0.25) is 5.75 Å². The highest BCUT2D eigenvalue weighted by atomic mass is 32.1. The van der Waals surface area contributed by atoms with Gasteiger partial charge in [-0.2, -0.15) is 9.78 Å². The molecule has 0 N–H and O–H groups in total. The third-order valence-corrected chi connectivity index (χ3v) is 5.17. The lowest BCUT2D eigenvalue weighted by Crippen LogP contribution is -2.16. The van der Waals surface area contributed by atoms with Crippen LogP contribution >= 0.6 is 11.3 Å². The van der Waals surface area contributed by atoms with E-state index in [2.05, 4.69) is 10.1 Å². The molecule has 0 aliphatic carbocycles. The first-order chi connectivity index (χ1) is 14.2. The molecule has 9 heteroatoms. The van der Waals surface area contributed by atoms with Crippen molar-refractivity contribution in [3.8, 4) is 28.6 Å². The van der Waals surface area contributed by atoms with Gasteiger partial charge in [-0.15, -0.1) is 11.3 Å². The summed E-state index contributed by atoms with van der Waals surface area (Å²) in [5, 5.41) is 6.59. The Balaban J connectivity index is 1.77. The van der Waals surface area contributed by atoms with Gasteiger partial charge >= 0.3 is 0 Å². The van der Waals surface area contributed by atoms with E-state index in [0.717, 1.165) is 0 Å². The second kappa shape index (κ2) is 7.80. The molecule has 0 unspecified atom stereocenters. The van der Waals surface area contributed by atoms with E-state index in [4.69, 9.17) is 18.6 Å². The summed E-state index contributed by atoms with van der Waals surface area (Å²) in [7, 11) is 4.60. The van der Waals surface area contributed by atoms with E-state index in [1.165, 1.54) is 49.9 Å². The molecule has 1 aromatic carbocycles. The van der Waals surface area contributed by atoms with Crippen molar-refractivity contribution in [2.24, 2.45) is 5.10 Å². The van der Waals surface area contributed by atoms with Crippen molar-refractivity contribution in [2.75, 3.05) is 21.3 Å². The smallest absolute Gasteiger partial charge is 0.283 e. The fraction of sp³-hybridized carbons (Fsp3) is 0.150. The Labute approximate surface area is 169 Å². The number of aromatic nitrogens is 2. The van der Waals surface area contributed by atoms with Crippen LogP contribution in [0.1, 0.15) is 5.56 Å².